The highest BCUT2D eigenvalue weighted by molar-refractivity contribution is 9.10. The molecule has 8 heteroatoms. The monoisotopic (exact) mass is 491 g/mol. The van der Waals surface area contributed by atoms with Crippen molar-refractivity contribution in [3.05, 3.63) is 63.6 Å². The Labute approximate surface area is 189 Å². The molecule has 0 fully saturated rings. The Hall–Kier alpha value is -2.38. The van der Waals surface area contributed by atoms with Crippen molar-refractivity contribution in [1.29, 1.82) is 0 Å². The van der Waals surface area contributed by atoms with Crippen molar-refractivity contribution in [2.24, 2.45) is 10.5 Å². The molecule has 0 saturated heterocycles. The molecule has 6 nitrogen and oxygen atoms in total. The Balaban J connectivity index is 1.84. The number of hydrogen-bond donors (Lipinski definition) is 0. The predicted octanol–water partition coefficient (Wildman–Crippen LogP) is 4.35. The molecule has 0 aromatic heterocycles. The lowest BCUT2D eigenvalue weighted by Crippen LogP contribution is -2.42. The summed E-state index contributed by atoms with van der Waals surface area (Å²) in [4.78, 5) is 27.2. The molecule has 1 aliphatic heterocycles. The fourth-order valence-corrected chi connectivity index (χ4v) is 3.72. The molecule has 0 spiro atoms. The maximum absolute atomic E-state index is 12.8. The van der Waals surface area contributed by atoms with Crippen LogP contribution < -0.4 is 4.90 Å². The number of ether oxygens (including phenoxy) is 1. The van der Waals surface area contributed by atoms with Gasteiger partial charge in [0.25, 0.3) is 0 Å². The summed E-state index contributed by atoms with van der Waals surface area (Å²) in [7, 11) is 1.72. The molecule has 1 heterocycles. The van der Waals surface area contributed by atoms with Gasteiger partial charge in [-0.25, -0.2) is 0 Å². The Morgan fingerprint density at radius 2 is 1.83 bits per heavy atom. The standard InChI is InChI=1S/C22H23BrClN3O3/c1-4-30-21(29)22(2)14-27(25-20(22)15-5-9-17(24)10-6-15)13-19(28)26(3)18-11-7-16(23)8-12-18/h5-12H,4,13-14H2,1-3H3. The van der Waals surface area contributed by atoms with E-state index in [0.29, 0.717) is 10.7 Å². The number of hydrogen-bond acceptors (Lipinski definition) is 5. The van der Waals surface area contributed by atoms with Crippen molar-refractivity contribution >= 4 is 50.8 Å². The van der Waals surface area contributed by atoms with E-state index in [1.807, 2.05) is 36.4 Å². The first-order valence-electron chi connectivity index (χ1n) is 9.54. The second-order valence-electron chi connectivity index (χ2n) is 7.26. The molecule has 3 rings (SSSR count). The normalized spacial score (nSPS) is 18.2. The third-order valence-corrected chi connectivity index (χ3v) is 5.79. The van der Waals surface area contributed by atoms with Crippen molar-refractivity contribution in [3.63, 3.8) is 0 Å². The minimum atomic E-state index is -0.986. The summed E-state index contributed by atoms with van der Waals surface area (Å²) in [5.74, 6) is -0.500. The SMILES string of the molecule is CCOC(=O)C1(C)CN(CC(=O)N(C)c2ccc(Br)cc2)N=C1c1ccc(Cl)cc1. The second kappa shape index (κ2) is 9.18. The molecule has 0 radical (unpaired) electrons. The van der Waals surface area contributed by atoms with Gasteiger partial charge in [-0.3, -0.25) is 14.6 Å². The van der Waals surface area contributed by atoms with Crippen molar-refractivity contribution in [1.82, 2.24) is 5.01 Å². The fourth-order valence-electron chi connectivity index (χ4n) is 3.32. The van der Waals surface area contributed by atoms with E-state index in [2.05, 4.69) is 21.0 Å². The molecule has 0 bridgehead atoms. The number of carbonyl (C=O) groups excluding carboxylic acids is 2. The highest BCUT2D eigenvalue weighted by atomic mass is 79.9. The van der Waals surface area contributed by atoms with E-state index in [-0.39, 0.29) is 31.6 Å². The lowest BCUT2D eigenvalue weighted by atomic mass is 9.82. The summed E-state index contributed by atoms with van der Waals surface area (Å²) in [6.45, 7) is 4.13. The van der Waals surface area contributed by atoms with Crippen LogP contribution in [0.15, 0.2) is 58.1 Å². The van der Waals surface area contributed by atoms with E-state index in [9.17, 15) is 9.59 Å². The molecule has 158 valence electrons. The Kier molecular flexibility index (Phi) is 6.83. The van der Waals surface area contributed by atoms with Crippen LogP contribution in [0.1, 0.15) is 19.4 Å². The number of esters is 1. The number of halogens is 2. The van der Waals surface area contributed by atoms with Crippen molar-refractivity contribution in [2.75, 3.05) is 31.6 Å². The van der Waals surface area contributed by atoms with E-state index >= 15 is 0 Å². The number of carbonyl (C=O) groups is 2. The molecular formula is C22H23BrClN3O3. The molecule has 2 aromatic rings. The van der Waals surface area contributed by atoms with E-state index in [1.54, 1.807) is 42.9 Å². The average Bonchev–Trinajstić information content (AvgIpc) is 3.06. The van der Waals surface area contributed by atoms with Crippen LogP contribution in [-0.4, -0.2) is 49.3 Å². The molecule has 1 aliphatic rings. The summed E-state index contributed by atoms with van der Waals surface area (Å²) in [5, 5.41) is 6.84. The first-order chi connectivity index (χ1) is 14.2. The van der Waals surface area contributed by atoms with Crippen LogP contribution in [0.5, 0.6) is 0 Å². The van der Waals surface area contributed by atoms with Crippen LogP contribution in [0.2, 0.25) is 5.02 Å². The third kappa shape index (κ3) is 4.68. The first kappa shape index (κ1) is 22.3. The lowest BCUT2D eigenvalue weighted by Gasteiger charge is -2.25. The van der Waals surface area contributed by atoms with Crippen LogP contribution in [0, 0.1) is 5.41 Å². The molecule has 1 unspecified atom stereocenters. The Bertz CT molecular complexity index is 963. The van der Waals surface area contributed by atoms with Gasteiger partial charge in [-0.15, -0.1) is 0 Å². The van der Waals surface area contributed by atoms with Crippen LogP contribution >= 0.6 is 27.5 Å². The highest BCUT2D eigenvalue weighted by Gasteiger charge is 2.47. The van der Waals surface area contributed by atoms with Gasteiger partial charge in [0.1, 0.15) is 12.0 Å². The maximum Gasteiger partial charge on any atom is 0.319 e. The number of amides is 1. The van der Waals surface area contributed by atoms with Crippen LogP contribution in [-0.2, 0) is 14.3 Å². The number of likely N-dealkylation sites (N-methyl/N-ethyl adjacent to an activating group) is 1. The first-order valence-corrected chi connectivity index (χ1v) is 10.7. The van der Waals surface area contributed by atoms with E-state index < -0.39 is 5.41 Å². The number of rotatable bonds is 6. The van der Waals surface area contributed by atoms with Gasteiger partial charge in [-0.05, 0) is 55.8 Å². The zero-order valence-corrected chi connectivity index (χ0v) is 19.4. The summed E-state index contributed by atoms with van der Waals surface area (Å²) in [5.41, 5.74) is 1.13. The van der Waals surface area contributed by atoms with E-state index in [1.165, 1.54) is 0 Å². The van der Waals surface area contributed by atoms with E-state index in [0.717, 1.165) is 15.7 Å². The van der Waals surface area contributed by atoms with E-state index in [4.69, 9.17) is 16.3 Å². The van der Waals surface area contributed by atoms with Crippen LogP contribution in [0.3, 0.4) is 0 Å². The smallest absolute Gasteiger partial charge is 0.319 e. The summed E-state index contributed by atoms with van der Waals surface area (Å²) < 4.78 is 6.25. The van der Waals surface area contributed by atoms with Gasteiger partial charge in [-0.2, -0.15) is 5.10 Å². The van der Waals surface area contributed by atoms with Gasteiger partial charge in [0.05, 0.1) is 18.9 Å². The van der Waals surface area contributed by atoms with Gasteiger partial charge in [0, 0.05) is 22.2 Å². The minimum absolute atomic E-state index is 0.0403. The summed E-state index contributed by atoms with van der Waals surface area (Å²) >= 11 is 9.40. The number of benzene rings is 2. The number of nitrogens with zero attached hydrogens (tertiary/aromatic N) is 3. The quantitative estimate of drug-likeness (QED) is 0.562. The molecule has 0 aliphatic carbocycles. The molecule has 1 amide bonds. The van der Waals surface area contributed by atoms with Crippen molar-refractivity contribution < 1.29 is 14.3 Å². The lowest BCUT2D eigenvalue weighted by molar-refractivity contribution is -0.150. The molecule has 0 N–H and O–H groups in total. The largest absolute Gasteiger partial charge is 0.465 e. The Morgan fingerprint density at radius 3 is 2.43 bits per heavy atom. The highest BCUT2D eigenvalue weighted by Crippen LogP contribution is 2.33. The minimum Gasteiger partial charge on any atom is -0.465 e. The molecular weight excluding hydrogens is 470 g/mol. The summed E-state index contributed by atoms with van der Waals surface area (Å²) in [6.07, 6.45) is 0. The van der Waals surface area contributed by atoms with Gasteiger partial charge >= 0.3 is 5.97 Å². The van der Waals surface area contributed by atoms with Gasteiger partial charge in [0.2, 0.25) is 5.91 Å². The third-order valence-electron chi connectivity index (χ3n) is 5.01. The number of hydrazone groups is 1. The van der Waals surface area contributed by atoms with Crippen molar-refractivity contribution in [2.45, 2.75) is 13.8 Å². The second-order valence-corrected chi connectivity index (χ2v) is 8.61. The predicted molar refractivity (Wildman–Crippen MR) is 122 cm³/mol. The fraction of sp³-hybridized carbons (Fsp3) is 0.318. The topological polar surface area (TPSA) is 62.2 Å². The zero-order chi connectivity index (χ0) is 21.9. The Morgan fingerprint density at radius 1 is 1.20 bits per heavy atom. The molecule has 1 atom stereocenters. The van der Waals surface area contributed by atoms with Crippen LogP contribution in [0.4, 0.5) is 5.69 Å². The van der Waals surface area contributed by atoms with Gasteiger partial charge in [0.15, 0.2) is 0 Å². The maximum atomic E-state index is 12.8. The zero-order valence-electron chi connectivity index (χ0n) is 17.1. The average molecular weight is 493 g/mol. The summed E-state index contributed by atoms with van der Waals surface area (Å²) in [6, 6.07) is 14.6. The molecule has 30 heavy (non-hydrogen) atoms. The molecule has 0 saturated carbocycles. The van der Waals surface area contributed by atoms with Gasteiger partial charge in [-0.1, -0.05) is 39.7 Å². The van der Waals surface area contributed by atoms with Crippen LogP contribution in [0.25, 0.3) is 0 Å². The van der Waals surface area contributed by atoms with Gasteiger partial charge < -0.3 is 9.64 Å². The molecule has 2 aromatic carbocycles. The number of anilines is 1. The van der Waals surface area contributed by atoms with Crippen molar-refractivity contribution in [3.8, 4) is 0 Å².